The molecular weight excluding hydrogens is 334 g/mol. The molecule has 0 spiro atoms. The lowest BCUT2D eigenvalue weighted by Gasteiger charge is -2.45. The van der Waals surface area contributed by atoms with Crippen molar-refractivity contribution in [2.75, 3.05) is 20.1 Å². The molecule has 4 rings (SSSR count). The molecule has 2 aliphatic carbocycles. The molecule has 3 atom stereocenters. The summed E-state index contributed by atoms with van der Waals surface area (Å²) in [5, 5.41) is 0. The average Bonchev–Trinajstić information content (AvgIpc) is 2.68. The smallest absolute Gasteiger partial charge is 0.225 e. The van der Waals surface area contributed by atoms with Crippen LogP contribution in [0.2, 0.25) is 0 Å². The third-order valence-corrected chi connectivity index (χ3v) is 7.39. The van der Waals surface area contributed by atoms with Gasteiger partial charge in [0.05, 0.1) is 0 Å². The van der Waals surface area contributed by atoms with Crippen LogP contribution in [0.4, 0.5) is 0 Å². The summed E-state index contributed by atoms with van der Waals surface area (Å²) in [7, 11) is 2.04. The van der Waals surface area contributed by atoms with Crippen LogP contribution in [-0.4, -0.2) is 47.9 Å². The highest BCUT2D eigenvalue weighted by Crippen LogP contribution is 2.42. The molecule has 148 valence electrons. The molecule has 1 amide bonds. The fraction of sp³-hybridized carbons (Fsp3) is 0.696. The van der Waals surface area contributed by atoms with Crippen molar-refractivity contribution in [3.05, 3.63) is 35.9 Å². The second-order valence-corrected chi connectivity index (χ2v) is 9.16. The molecule has 1 aliphatic heterocycles. The zero-order chi connectivity index (χ0) is 18.8. The summed E-state index contributed by atoms with van der Waals surface area (Å²) in [6.45, 7) is 3.12. The Hall–Kier alpha value is -1.39. The molecular formula is C23H35N3O. The van der Waals surface area contributed by atoms with E-state index in [9.17, 15) is 4.79 Å². The molecule has 1 saturated heterocycles. The summed E-state index contributed by atoms with van der Waals surface area (Å²) in [4.78, 5) is 17.9. The Bertz CT molecular complexity index is 620. The molecule has 2 saturated carbocycles. The molecule has 1 aromatic rings. The number of fused-ring (bicyclic) bond motifs is 2. The highest BCUT2D eigenvalue weighted by molar-refractivity contribution is 5.79. The predicted molar refractivity (Wildman–Crippen MR) is 109 cm³/mol. The van der Waals surface area contributed by atoms with Gasteiger partial charge < -0.3 is 10.6 Å². The van der Waals surface area contributed by atoms with Gasteiger partial charge in [0.1, 0.15) is 0 Å². The zero-order valence-corrected chi connectivity index (χ0v) is 16.7. The second kappa shape index (κ2) is 8.32. The Balaban J connectivity index is 1.35. The van der Waals surface area contributed by atoms with Crippen LogP contribution in [0.5, 0.6) is 0 Å². The fourth-order valence-electron chi connectivity index (χ4n) is 5.79. The van der Waals surface area contributed by atoms with E-state index in [4.69, 9.17) is 5.73 Å². The number of carbonyl (C=O) groups excluding carboxylic acids is 1. The first kappa shape index (κ1) is 18.9. The molecule has 1 heterocycles. The number of benzene rings is 1. The average molecular weight is 370 g/mol. The minimum atomic E-state index is 0.203. The predicted octanol–water partition coefficient (Wildman–Crippen LogP) is 3.26. The Morgan fingerprint density at radius 2 is 1.81 bits per heavy atom. The largest absolute Gasteiger partial charge is 0.341 e. The molecule has 1 aromatic carbocycles. The van der Waals surface area contributed by atoms with Gasteiger partial charge in [-0.3, -0.25) is 9.69 Å². The summed E-state index contributed by atoms with van der Waals surface area (Å²) in [6.07, 6.45) is 8.08. The molecule has 2 bridgehead atoms. The highest BCUT2D eigenvalue weighted by Gasteiger charge is 2.42. The molecule has 4 heteroatoms. The van der Waals surface area contributed by atoms with Gasteiger partial charge in [-0.15, -0.1) is 0 Å². The summed E-state index contributed by atoms with van der Waals surface area (Å²) >= 11 is 0. The molecule has 27 heavy (non-hydrogen) atoms. The number of hydrogen-bond donors (Lipinski definition) is 1. The van der Waals surface area contributed by atoms with E-state index < -0.39 is 0 Å². The van der Waals surface area contributed by atoms with Gasteiger partial charge >= 0.3 is 0 Å². The van der Waals surface area contributed by atoms with Crippen LogP contribution in [0.25, 0.3) is 0 Å². The number of piperidine rings is 1. The van der Waals surface area contributed by atoms with Gasteiger partial charge in [0, 0.05) is 38.1 Å². The van der Waals surface area contributed by atoms with Gasteiger partial charge in [0.25, 0.3) is 0 Å². The number of nitrogens with zero attached hydrogens (tertiary/aromatic N) is 2. The standard InChI is InChI=1S/C23H35N3O/c1-25(23(27)20-13-18-9-5-10-19(14-20)22(18)24)21-11-6-12-26(16-21)15-17-7-3-2-4-8-17/h2-4,7-8,18-22H,5-6,9-16,24H2,1H3. The minimum Gasteiger partial charge on any atom is -0.341 e. The van der Waals surface area contributed by atoms with Crippen LogP contribution >= 0.6 is 0 Å². The van der Waals surface area contributed by atoms with Crippen molar-refractivity contribution in [2.45, 2.75) is 63.6 Å². The summed E-state index contributed by atoms with van der Waals surface area (Å²) < 4.78 is 0. The van der Waals surface area contributed by atoms with Crippen LogP contribution < -0.4 is 5.73 Å². The third kappa shape index (κ3) is 4.22. The lowest BCUT2D eigenvalue weighted by molar-refractivity contribution is -0.140. The van der Waals surface area contributed by atoms with E-state index in [1.165, 1.54) is 31.2 Å². The second-order valence-electron chi connectivity index (χ2n) is 9.16. The van der Waals surface area contributed by atoms with E-state index in [2.05, 4.69) is 40.1 Å². The summed E-state index contributed by atoms with van der Waals surface area (Å²) in [6, 6.07) is 11.4. The molecule has 4 nitrogen and oxygen atoms in total. The normalized spacial score (nSPS) is 34.2. The van der Waals surface area contributed by atoms with E-state index in [1.54, 1.807) is 0 Å². The first-order valence-electron chi connectivity index (χ1n) is 10.9. The maximum atomic E-state index is 13.3. The molecule has 0 aromatic heterocycles. The van der Waals surface area contributed by atoms with Crippen molar-refractivity contribution in [1.29, 1.82) is 0 Å². The van der Waals surface area contributed by atoms with Crippen LogP contribution in [0.3, 0.4) is 0 Å². The minimum absolute atomic E-state index is 0.203. The SMILES string of the molecule is CN(C(=O)C1CC2CCCC(C1)C2N)C1CCCN(Cc2ccccc2)C1. The quantitative estimate of drug-likeness (QED) is 0.886. The Morgan fingerprint density at radius 3 is 2.52 bits per heavy atom. The number of hydrogen-bond acceptors (Lipinski definition) is 3. The van der Waals surface area contributed by atoms with Crippen LogP contribution in [0, 0.1) is 17.8 Å². The number of nitrogens with two attached hydrogens (primary N) is 1. The van der Waals surface area contributed by atoms with Gasteiger partial charge in [-0.2, -0.15) is 0 Å². The first-order chi connectivity index (χ1) is 13.1. The fourth-order valence-corrected chi connectivity index (χ4v) is 5.79. The van der Waals surface area contributed by atoms with Gasteiger partial charge in [-0.05, 0) is 62.5 Å². The summed E-state index contributed by atoms with van der Waals surface area (Å²) in [5.74, 6) is 1.72. The lowest BCUT2D eigenvalue weighted by atomic mass is 9.65. The Morgan fingerprint density at radius 1 is 1.11 bits per heavy atom. The van der Waals surface area contributed by atoms with Gasteiger partial charge in [0.2, 0.25) is 5.91 Å². The van der Waals surface area contributed by atoms with E-state index in [0.29, 0.717) is 29.8 Å². The zero-order valence-electron chi connectivity index (χ0n) is 16.7. The number of rotatable bonds is 4. The maximum Gasteiger partial charge on any atom is 0.225 e. The van der Waals surface area contributed by atoms with Crippen molar-refractivity contribution in [1.82, 2.24) is 9.80 Å². The lowest BCUT2D eigenvalue weighted by Crippen LogP contribution is -2.53. The number of likely N-dealkylation sites (N-methyl/N-ethyl adjacent to an activating group) is 1. The molecule has 3 unspecified atom stereocenters. The third-order valence-electron chi connectivity index (χ3n) is 7.39. The van der Waals surface area contributed by atoms with Gasteiger partial charge in [-0.1, -0.05) is 36.8 Å². The monoisotopic (exact) mass is 369 g/mol. The van der Waals surface area contributed by atoms with Crippen molar-refractivity contribution in [3.63, 3.8) is 0 Å². The molecule has 3 aliphatic rings. The van der Waals surface area contributed by atoms with E-state index in [1.807, 2.05) is 7.05 Å². The van der Waals surface area contributed by atoms with E-state index in [-0.39, 0.29) is 5.92 Å². The van der Waals surface area contributed by atoms with E-state index in [0.717, 1.165) is 38.9 Å². The number of likely N-dealkylation sites (tertiary alicyclic amines) is 1. The van der Waals surface area contributed by atoms with Crippen LogP contribution in [0.1, 0.15) is 50.5 Å². The van der Waals surface area contributed by atoms with E-state index >= 15 is 0 Å². The van der Waals surface area contributed by atoms with Crippen molar-refractivity contribution < 1.29 is 4.79 Å². The van der Waals surface area contributed by atoms with Crippen molar-refractivity contribution in [3.8, 4) is 0 Å². The highest BCUT2D eigenvalue weighted by atomic mass is 16.2. The van der Waals surface area contributed by atoms with Crippen molar-refractivity contribution in [2.24, 2.45) is 23.5 Å². The van der Waals surface area contributed by atoms with Crippen LogP contribution in [-0.2, 0) is 11.3 Å². The Kier molecular flexibility index (Phi) is 5.84. The topological polar surface area (TPSA) is 49.6 Å². The summed E-state index contributed by atoms with van der Waals surface area (Å²) in [5.41, 5.74) is 7.79. The van der Waals surface area contributed by atoms with Crippen molar-refractivity contribution >= 4 is 5.91 Å². The van der Waals surface area contributed by atoms with Gasteiger partial charge in [0.15, 0.2) is 0 Å². The first-order valence-corrected chi connectivity index (χ1v) is 10.9. The Labute approximate surface area is 164 Å². The molecule has 3 fully saturated rings. The van der Waals surface area contributed by atoms with Crippen LogP contribution in [0.15, 0.2) is 30.3 Å². The van der Waals surface area contributed by atoms with Gasteiger partial charge in [-0.25, -0.2) is 0 Å². The number of carbonyl (C=O) groups is 1. The molecule has 0 radical (unpaired) electrons. The molecule has 2 N–H and O–H groups in total. The number of amides is 1. The maximum absolute atomic E-state index is 13.3.